The van der Waals surface area contributed by atoms with Crippen LogP contribution in [0.2, 0.25) is 0 Å². The number of esters is 1. The minimum absolute atomic E-state index is 0.131. The third-order valence-corrected chi connectivity index (χ3v) is 7.48. The number of carbonyl (C=O) groups excluding carboxylic acids is 1. The molecular formula is C27H40N2O2S2. The summed E-state index contributed by atoms with van der Waals surface area (Å²) in [6.07, 6.45) is 16.0. The molecule has 0 radical (unpaired) electrons. The van der Waals surface area contributed by atoms with Gasteiger partial charge in [-0.2, -0.15) is 0 Å². The fraction of sp³-hybridized carbons (Fsp3) is 0.593. The number of ether oxygens (including phenoxy) is 1. The Hall–Kier alpha value is -1.53. The van der Waals surface area contributed by atoms with Gasteiger partial charge in [-0.25, -0.2) is 9.97 Å². The lowest BCUT2D eigenvalue weighted by atomic mass is 10.1. The van der Waals surface area contributed by atoms with E-state index in [9.17, 15) is 4.79 Å². The Morgan fingerprint density at radius 3 is 2.12 bits per heavy atom. The quantitative estimate of drug-likeness (QED) is 0.0968. The van der Waals surface area contributed by atoms with Crippen LogP contribution in [0.4, 0.5) is 0 Å². The van der Waals surface area contributed by atoms with Crippen molar-refractivity contribution < 1.29 is 9.53 Å². The summed E-state index contributed by atoms with van der Waals surface area (Å²) in [4.78, 5) is 22.3. The van der Waals surface area contributed by atoms with Crippen LogP contribution in [0, 0.1) is 0 Å². The Labute approximate surface area is 209 Å². The Morgan fingerprint density at radius 2 is 1.45 bits per heavy atom. The normalized spacial score (nSPS) is 12.0. The first-order valence-electron chi connectivity index (χ1n) is 12.5. The highest BCUT2D eigenvalue weighted by atomic mass is 32.2. The summed E-state index contributed by atoms with van der Waals surface area (Å²) >= 11 is 3.27. The van der Waals surface area contributed by atoms with E-state index in [4.69, 9.17) is 4.74 Å². The molecule has 0 amide bonds. The second kappa shape index (κ2) is 17.0. The maximum atomic E-state index is 12.3. The second-order valence-electron chi connectivity index (χ2n) is 8.38. The molecule has 0 aliphatic heterocycles. The molecule has 0 unspecified atom stereocenters. The van der Waals surface area contributed by atoms with Gasteiger partial charge in [0.25, 0.3) is 0 Å². The molecule has 0 saturated heterocycles. The topological polar surface area (TPSA) is 52.1 Å². The number of nitrogens with zero attached hydrogens (tertiary/aromatic N) is 2. The van der Waals surface area contributed by atoms with Crippen molar-refractivity contribution in [3.8, 4) is 11.1 Å². The van der Waals surface area contributed by atoms with Gasteiger partial charge in [-0.15, -0.1) is 11.8 Å². The predicted octanol–water partition coefficient (Wildman–Crippen LogP) is 8.20. The zero-order valence-electron chi connectivity index (χ0n) is 20.6. The summed E-state index contributed by atoms with van der Waals surface area (Å²) in [7, 11) is 0. The number of rotatable bonds is 17. The molecule has 2 rings (SSSR count). The maximum absolute atomic E-state index is 12.3. The molecule has 0 aliphatic rings. The van der Waals surface area contributed by atoms with Crippen molar-refractivity contribution in [2.45, 2.75) is 100 Å². The van der Waals surface area contributed by atoms with E-state index in [1.54, 1.807) is 11.8 Å². The van der Waals surface area contributed by atoms with Crippen LogP contribution >= 0.6 is 23.5 Å². The molecule has 1 heterocycles. The molecule has 1 aromatic heterocycles. The van der Waals surface area contributed by atoms with Gasteiger partial charge in [-0.05, 0) is 37.5 Å². The van der Waals surface area contributed by atoms with E-state index in [-0.39, 0.29) is 11.2 Å². The van der Waals surface area contributed by atoms with Gasteiger partial charge in [0.2, 0.25) is 0 Å². The van der Waals surface area contributed by atoms with Crippen molar-refractivity contribution >= 4 is 29.5 Å². The number of unbranched alkanes of at least 4 members (excludes halogenated alkanes) is 8. The highest BCUT2D eigenvalue weighted by Crippen LogP contribution is 2.27. The number of hydrogen-bond acceptors (Lipinski definition) is 6. The average Bonchev–Trinajstić information content (AvgIpc) is 2.84. The lowest BCUT2D eigenvalue weighted by Gasteiger charge is -2.12. The molecule has 2 aromatic rings. The molecular weight excluding hydrogens is 448 g/mol. The standard InChI is InChI=1S/C27H40N2O2S2/c1-4-6-8-10-11-12-18-31-26(30)22(3)33-25-16-14-23(15-17-25)24-20-28-27(29-21-24)32-19-13-9-7-5-2/h14-17,20-22H,4-13,18-19H2,1-3H3/t22-/m1/s1. The Balaban J connectivity index is 1.72. The molecule has 1 aromatic carbocycles. The van der Waals surface area contributed by atoms with E-state index in [1.165, 1.54) is 63.1 Å². The van der Waals surface area contributed by atoms with E-state index in [2.05, 4.69) is 35.9 Å². The van der Waals surface area contributed by atoms with Crippen molar-refractivity contribution in [2.24, 2.45) is 0 Å². The zero-order valence-corrected chi connectivity index (χ0v) is 22.2. The van der Waals surface area contributed by atoms with Gasteiger partial charge >= 0.3 is 5.97 Å². The minimum atomic E-state index is -0.215. The molecule has 0 aliphatic carbocycles. The Bertz CT molecular complexity index is 782. The fourth-order valence-corrected chi connectivity index (χ4v) is 5.03. The first kappa shape index (κ1) is 27.7. The van der Waals surface area contributed by atoms with Crippen molar-refractivity contribution in [2.75, 3.05) is 12.4 Å². The lowest BCUT2D eigenvalue weighted by Crippen LogP contribution is -2.17. The second-order valence-corrected chi connectivity index (χ2v) is 10.9. The molecule has 6 heteroatoms. The van der Waals surface area contributed by atoms with Crippen molar-refractivity contribution in [3.63, 3.8) is 0 Å². The zero-order chi connectivity index (χ0) is 23.7. The van der Waals surface area contributed by atoms with Gasteiger partial charge in [-0.3, -0.25) is 4.79 Å². The van der Waals surface area contributed by atoms with Gasteiger partial charge < -0.3 is 4.74 Å². The molecule has 0 fully saturated rings. The average molecular weight is 489 g/mol. The highest BCUT2D eigenvalue weighted by Gasteiger charge is 2.16. The van der Waals surface area contributed by atoms with Crippen molar-refractivity contribution in [1.82, 2.24) is 9.97 Å². The first-order valence-corrected chi connectivity index (χ1v) is 14.4. The van der Waals surface area contributed by atoms with E-state index in [0.717, 1.165) is 39.8 Å². The highest BCUT2D eigenvalue weighted by molar-refractivity contribution is 8.00. The molecule has 0 spiro atoms. The summed E-state index contributed by atoms with van der Waals surface area (Å²) in [6.45, 7) is 6.89. The molecule has 0 N–H and O–H groups in total. The van der Waals surface area contributed by atoms with Gasteiger partial charge in [0.05, 0.1) is 6.61 Å². The number of thioether (sulfide) groups is 2. The van der Waals surface area contributed by atoms with Crippen LogP contribution in [0.25, 0.3) is 11.1 Å². The summed E-state index contributed by atoms with van der Waals surface area (Å²) in [5, 5.41) is 0.628. The predicted molar refractivity (Wildman–Crippen MR) is 142 cm³/mol. The van der Waals surface area contributed by atoms with Gasteiger partial charge in [-0.1, -0.05) is 89.1 Å². The van der Waals surface area contributed by atoms with Crippen LogP contribution in [-0.2, 0) is 9.53 Å². The Kier molecular flexibility index (Phi) is 14.3. The number of hydrogen-bond donors (Lipinski definition) is 0. The van der Waals surface area contributed by atoms with Crippen molar-refractivity contribution in [1.29, 1.82) is 0 Å². The maximum Gasteiger partial charge on any atom is 0.319 e. The fourth-order valence-electron chi connectivity index (χ4n) is 3.38. The molecule has 1 atom stereocenters. The number of carbonyl (C=O) groups is 1. The lowest BCUT2D eigenvalue weighted by molar-refractivity contribution is -0.142. The van der Waals surface area contributed by atoms with E-state index >= 15 is 0 Å². The molecule has 33 heavy (non-hydrogen) atoms. The molecule has 182 valence electrons. The molecule has 4 nitrogen and oxygen atoms in total. The first-order chi connectivity index (χ1) is 16.1. The smallest absolute Gasteiger partial charge is 0.319 e. The van der Waals surface area contributed by atoms with Gasteiger partial charge in [0, 0.05) is 28.6 Å². The summed E-state index contributed by atoms with van der Waals surface area (Å²) in [5.41, 5.74) is 2.09. The Morgan fingerprint density at radius 1 is 0.848 bits per heavy atom. The van der Waals surface area contributed by atoms with Gasteiger partial charge in [0.15, 0.2) is 5.16 Å². The number of benzene rings is 1. The molecule has 0 bridgehead atoms. The van der Waals surface area contributed by atoms with Crippen LogP contribution in [0.3, 0.4) is 0 Å². The van der Waals surface area contributed by atoms with Crippen LogP contribution < -0.4 is 0 Å². The van der Waals surface area contributed by atoms with Crippen LogP contribution in [0.5, 0.6) is 0 Å². The summed E-state index contributed by atoms with van der Waals surface area (Å²) in [5.74, 6) is 0.944. The van der Waals surface area contributed by atoms with Crippen LogP contribution in [0.1, 0.15) is 85.0 Å². The minimum Gasteiger partial charge on any atom is -0.465 e. The van der Waals surface area contributed by atoms with Gasteiger partial charge in [0.1, 0.15) is 5.25 Å². The van der Waals surface area contributed by atoms with E-state index in [0.29, 0.717) is 6.61 Å². The van der Waals surface area contributed by atoms with Crippen LogP contribution in [-0.4, -0.2) is 33.5 Å². The largest absolute Gasteiger partial charge is 0.465 e. The van der Waals surface area contributed by atoms with Crippen molar-refractivity contribution in [3.05, 3.63) is 36.7 Å². The third-order valence-electron chi connectivity index (χ3n) is 5.43. The summed E-state index contributed by atoms with van der Waals surface area (Å²) < 4.78 is 5.46. The number of aromatic nitrogens is 2. The summed E-state index contributed by atoms with van der Waals surface area (Å²) in [6, 6.07) is 8.22. The third kappa shape index (κ3) is 11.4. The van der Waals surface area contributed by atoms with Crippen LogP contribution in [0.15, 0.2) is 46.7 Å². The monoisotopic (exact) mass is 488 g/mol. The molecule has 0 saturated carbocycles. The SMILES string of the molecule is CCCCCCCCOC(=O)[C@@H](C)Sc1ccc(-c2cnc(SCCCCCC)nc2)cc1. The van der Waals surface area contributed by atoms with E-state index < -0.39 is 0 Å². The van der Waals surface area contributed by atoms with E-state index in [1.807, 2.05) is 31.5 Å².